The van der Waals surface area contributed by atoms with Gasteiger partial charge in [0.1, 0.15) is 12.9 Å². The molecule has 0 N–H and O–H groups in total. The Bertz CT molecular complexity index is 1000. The lowest BCUT2D eigenvalue weighted by Gasteiger charge is -2.27. The molecule has 3 aromatic rings. The molecule has 4 nitrogen and oxygen atoms in total. The monoisotopic (exact) mass is 433 g/mol. The number of benzene rings is 3. The zero-order valence-corrected chi connectivity index (χ0v) is 18.5. The molecule has 5 heteroatoms. The predicted molar refractivity (Wildman–Crippen MR) is 126 cm³/mol. The molecule has 0 radical (unpaired) electrons. The highest BCUT2D eigenvalue weighted by atomic mass is 31.2. The van der Waals surface area contributed by atoms with Crippen LogP contribution in [0, 0.1) is 0 Å². The average Bonchev–Trinajstić information content (AvgIpc) is 2.85. The Hall–Kier alpha value is -2.84. The van der Waals surface area contributed by atoms with Crippen LogP contribution in [0.3, 0.4) is 0 Å². The molecule has 1 heterocycles. The third-order valence-corrected chi connectivity index (χ3v) is 8.82. The lowest BCUT2D eigenvalue weighted by molar-refractivity contribution is -0.134. The van der Waals surface area contributed by atoms with E-state index in [0.29, 0.717) is 11.9 Å². The van der Waals surface area contributed by atoms with Gasteiger partial charge in [-0.25, -0.2) is 0 Å². The molecule has 1 amide bonds. The maximum absolute atomic E-state index is 14.4. The highest BCUT2D eigenvalue weighted by Gasteiger charge is 2.29. The van der Waals surface area contributed by atoms with Crippen LogP contribution in [0.25, 0.3) is 0 Å². The number of nitrogens with zero attached hydrogens (tertiary/aromatic N) is 1. The van der Waals surface area contributed by atoms with E-state index in [0.717, 1.165) is 42.1 Å². The van der Waals surface area contributed by atoms with Gasteiger partial charge in [0.15, 0.2) is 6.61 Å². The third kappa shape index (κ3) is 5.08. The SMILES string of the molecule is O=C(COc1ccccc1CP(=O)(c1ccccc1)c1ccccc1)N1CCCCC1. The Kier molecular flexibility index (Phi) is 6.89. The van der Waals surface area contributed by atoms with Gasteiger partial charge in [0.05, 0.1) is 0 Å². The van der Waals surface area contributed by atoms with E-state index in [4.69, 9.17) is 4.74 Å². The Labute approximate surface area is 184 Å². The molecule has 0 aliphatic carbocycles. The summed E-state index contributed by atoms with van der Waals surface area (Å²) in [6, 6.07) is 26.9. The average molecular weight is 433 g/mol. The number of piperidine rings is 1. The number of hydrogen-bond acceptors (Lipinski definition) is 3. The summed E-state index contributed by atoms with van der Waals surface area (Å²) in [7, 11) is -2.92. The van der Waals surface area contributed by atoms with Gasteiger partial charge in [-0.05, 0) is 25.3 Å². The van der Waals surface area contributed by atoms with Crippen molar-refractivity contribution >= 4 is 23.7 Å². The number of hydrogen-bond donors (Lipinski definition) is 0. The smallest absolute Gasteiger partial charge is 0.260 e. The topological polar surface area (TPSA) is 46.6 Å². The highest BCUT2D eigenvalue weighted by molar-refractivity contribution is 7.78. The van der Waals surface area contributed by atoms with E-state index >= 15 is 0 Å². The summed E-state index contributed by atoms with van der Waals surface area (Å²) in [4.78, 5) is 14.4. The number of rotatable bonds is 7. The zero-order valence-electron chi connectivity index (χ0n) is 17.7. The summed E-state index contributed by atoms with van der Waals surface area (Å²) < 4.78 is 20.4. The summed E-state index contributed by atoms with van der Waals surface area (Å²) in [6.45, 7) is 1.63. The molecule has 0 aromatic heterocycles. The van der Waals surface area contributed by atoms with E-state index < -0.39 is 7.14 Å². The molecular formula is C26H28NO3P. The fourth-order valence-corrected chi connectivity index (χ4v) is 6.77. The van der Waals surface area contributed by atoms with Crippen molar-refractivity contribution in [1.29, 1.82) is 0 Å². The van der Waals surface area contributed by atoms with Crippen molar-refractivity contribution in [3.63, 3.8) is 0 Å². The van der Waals surface area contributed by atoms with Crippen molar-refractivity contribution < 1.29 is 14.1 Å². The number of ether oxygens (including phenoxy) is 1. The number of carbonyl (C=O) groups is 1. The Morgan fingerprint density at radius 2 is 1.32 bits per heavy atom. The minimum absolute atomic E-state index is 0.0119. The maximum Gasteiger partial charge on any atom is 0.260 e. The summed E-state index contributed by atoms with van der Waals surface area (Å²) in [5.41, 5.74) is 0.852. The van der Waals surface area contributed by atoms with E-state index in [9.17, 15) is 9.36 Å². The number of likely N-dealkylation sites (tertiary alicyclic amines) is 1. The van der Waals surface area contributed by atoms with Crippen LogP contribution in [0.15, 0.2) is 84.9 Å². The first-order valence-electron chi connectivity index (χ1n) is 10.9. The van der Waals surface area contributed by atoms with Crippen molar-refractivity contribution in [1.82, 2.24) is 4.90 Å². The summed E-state index contributed by atoms with van der Waals surface area (Å²) in [5, 5.41) is 1.64. The van der Waals surface area contributed by atoms with Crippen molar-refractivity contribution in [3.8, 4) is 5.75 Å². The van der Waals surface area contributed by atoms with Gasteiger partial charge in [-0.15, -0.1) is 0 Å². The van der Waals surface area contributed by atoms with Crippen LogP contribution in [0.2, 0.25) is 0 Å². The second kappa shape index (κ2) is 9.98. The second-order valence-corrected chi connectivity index (χ2v) is 10.7. The molecule has 1 aliphatic heterocycles. The molecule has 1 saturated heterocycles. The quantitative estimate of drug-likeness (QED) is 0.512. The Balaban J connectivity index is 1.58. The van der Waals surface area contributed by atoms with Crippen LogP contribution in [-0.2, 0) is 15.5 Å². The van der Waals surface area contributed by atoms with Crippen LogP contribution in [-0.4, -0.2) is 30.5 Å². The molecule has 31 heavy (non-hydrogen) atoms. The first-order chi connectivity index (χ1) is 15.2. The van der Waals surface area contributed by atoms with Crippen molar-refractivity contribution in [3.05, 3.63) is 90.5 Å². The van der Waals surface area contributed by atoms with Gasteiger partial charge in [-0.2, -0.15) is 0 Å². The number of amides is 1. The molecule has 0 bridgehead atoms. The van der Waals surface area contributed by atoms with Crippen LogP contribution in [0.5, 0.6) is 5.75 Å². The molecule has 1 fully saturated rings. The molecule has 0 spiro atoms. The van der Waals surface area contributed by atoms with E-state index in [1.165, 1.54) is 6.42 Å². The van der Waals surface area contributed by atoms with Crippen LogP contribution in [0.4, 0.5) is 0 Å². The van der Waals surface area contributed by atoms with E-state index in [-0.39, 0.29) is 12.5 Å². The number of carbonyl (C=O) groups excluding carboxylic acids is 1. The van der Waals surface area contributed by atoms with Gasteiger partial charge in [0, 0.05) is 35.4 Å². The van der Waals surface area contributed by atoms with Crippen molar-refractivity contribution in [2.45, 2.75) is 25.4 Å². The van der Waals surface area contributed by atoms with Gasteiger partial charge >= 0.3 is 0 Å². The molecular weight excluding hydrogens is 405 g/mol. The van der Waals surface area contributed by atoms with E-state index in [2.05, 4.69) is 0 Å². The minimum Gasteiger partial charge on any atom is -0.483 e. The van der Waals surface area contributed by atoms with Crippen molar-refractivity contribution in [2.24, 2.45) is 0 Å². The lowest BCUT2D eigenvalue weighted by Crippen LogP contribution is -2.38. The maximum atomic E-state index is 14.4. The standard InChI is InChI=1S/C26H28NO3P/c28-26(27-18-10-3-11-19-27)20-30-25-17-9-8-12-22(25)21-31(29,23-13-4-1-5-14-23)24-15-6-2-7-16-24/h1-2,4-9,12-17H,3,10-11,18-21H2. The van der Waals surface area contributed by atoms with Gasteiger partial charge < -0.3 is 14.2 Å². The molecule has 0 atom stereocenters. The third-order valence-electron chi connectivity index (χ3n) is 5.77. The van der Waals surface area contributed by atoms with Gasteiger partial charge in [0.2, 0.25) is 0 Å². The molecule has 0 unspecified atom stereocenters. The van der Waals surface area contributed by atoms with E-state index in [1.54, 1.807) is 0 Å². The molecule has 1 aliphatic rings. The van der Waals surface area contributed by atoms with Crippen molar-refractivity contribution in [2.75, 3.05) is 19.7 Å². The molecule has 3 aromatic carbocycles. The van der Waals surface area contributed by atoms with Gasteiger partial charge in [-0.1, -0.05) is 78.9 Å². The second-order valence-electron chi connectivity index (χ2n) is 7.91. The van der Waals surface area contributed by atoms with E-state index in [1.807, 2.05) is 89.8 Å². The first kappa shape index (κ1) is 21.4. The fourth-order valence-electron chi connectivity index (χ4n) is 4.06. The Morgan fingerprint density at radius 1 is 0.774 bits per heavy atom. The van der Waals surface area contributed by atoms with Crippen LogP contribution < -0.4 is 15.3 Å². The van der Waals surface area contributed by atoms with Gasteiger partial charge in [0.25, 0.3) is 5.91 Å². The molecule has 0 saturated carbocycles. The lowest BCUT2D eigenvalue weighted by atomic mass is 10.1. The summed E-state index contributed by atoms with van der Waals surface area (Å²) in [5.74, 6) is 0.642. The number of para-hydroxylation sites is 1. The fraction of sp³-hybridized carbons (Fsp3) is 0.269. The minimum atomic E-state index is -2.92. The molecule has 4 rings (SSSR count). The zero-order chi connectivity index (χ0) is 21.5. The summed E-state index contributed by atoms with van der Waals surface area (Å²) >= 11 is 0. The normalized spacial score (nSPS) is 14.3. The highest BCUT2D eigenvalue weighted by Crippen LogP contribution is 2.48. The van der Waals surface area contributed by atoms with Gasteiger partial charge in [-0.3, -0.25) is 4.79 Å². The first-order valence-corrected chi connectivity index (χ1v) is 12.7. The van der Waals surface area contributed by atoms with Crippen LogP contribution in [0.1, 0.15) is 24.8 Å². The summed E-state index contributed by atoms with van der Waals surface area (Å²) in [6.07, 6.45) is 3.64. The largest absolute Gasteiger partial charge is 0.483 e. The molecule has 160 valence electrons. The van der Waals surface area contributed by atoms with Crippen LogP contribution >= 0.6 is 7.14 Å². The predicted octanol–water partition coefficient (Wildman–Crippen LogP) is 4.59. The Morgan fingerprint density at radius 3 is 1.94 bits per heavy atom.